The van der Waals surface area contributed by atoms with Gasteiger partial charge in [0.05, 0.1) is 23.5 Å². The zero-order valence-corrected chi connectivity index (χ0v) is 19.4. The summed E-state index contributed by atoms with van der Waals surface area (Å²) in [6.07, 6.45) is 1.51. The number of likely N-dealkylation sites (N-methyl/N-ethyl adjacent to an activating group) is 1. The average Bonchev–Trinajstić information content (AvgIpc) is 2.85. The zero-order chi connectivity index (χ0) is 24.2. The zero-order valence-electron chi connectivity index (χ0n) is 18.6. The lowest BCUT2D eigenvalue weighted by atomic mass is 10.1. The Labute approximate surface area is 201 Å². The molecule has 1 saturated heterocycles. The lowest BCUT2D eigenvalue weighted by Crippen LogP contribution is -2.47. The van der Waals surface area contributed by atoms with Gasteiger partial charge in [-0.15, -0.1) is 0 Å². The van der Waals surface area contributed by atoms with Crippen molar-refractivity contribution in [3.05, 3.63) is 70.4 Å². The normalized spacial score (nSPS) is 14.3. The second-order valence-electron chi connectivity index (χ2n) is 8.04. The Balaban J connectivity index is 1.48. The number of piperazine rings is 1. The van der Waals surface area contributed by atoms with Crippen LogP contribution in [0.1, 0.15) is 15.9 Å². The molecule has 0 spiro atoms. The van der Waals surface area contributed by atoms with Gasteiger partial charge in [0.15, 0.2) is 5.82 Å². The molecule has 0 radical (unpaired) electrons. The summed E-state index contributed by atoms with van der Waals surface area (Å²) in [7, 11) is 2.03. The van der Waals surface area contributed by atoms with Crippen LogP contribution in [0, 0.1) is 11.6 Å². The first-order valence-corrected chi connectivity index (χ1v) is 11.2. The molecule has 178 valence electrons. The van der Waals surface area contributed by atoms with E-state index in [0.717, 1.165) is 25.2 Å². The van der Waals surface area contributed by atoms with Crippen molar-refractivity contribution in [2.24, 2.45) is 0 Å². The summed E-state index contributed by atoms with van der Waals surface area (Å²) in [6, 6.07) is 9.11. The summed E-state index contributed by atoms with van der Waals surface area (Å²) in [6.45, 7) is 2.98. The molecule has 2 N–H and O–H groups in total. The summed E-state index contributed by atoms with van der Waals surface area (Å²) in [5, 5.41) is -0.279. The first kappa shape index (κ1) is 23.8. The van der Waals surface area contributed by atoms with Crippen LogP contribution in [0.5, 0.6) is 5.88 Å². The van der Waals surface area contributed by atoms with Gasteiger partial charge in [-0.2, -0.15) is 0 Å². The quantitative estimate of drug-likeness (QED) is 0.534. The van der Waals surface area contributed by atoms with E-state index < -0.39 is 11.6 Å². The Morgan fingerprint density at radius 1 is 1.15 bits per heavy atom. The van der Waals surface area contributed by atoms with Crippen LogP contribution >= 0.6 is 11.6 Å². The molecule has 1 aliphatic heterocycles. The molecule has 0 saturated carbocycles. The maximum Gasteiger partial charge on any atom is 0.257 e. The fraction of sp³-hybridized carbons (Fsp3) is 0.292. The molecule has 34 heavy (non-hydrogen) atoms. The highest BCUT2D eigenvalue weighted by Crippen LogP contribution is 2.26. The van der Waals surface area contributed by atoms with Gasteiger partial charge in [-0.3, -0.25) is 4.79 Å². The van der Waals surface area contributed by atoms with Crippen LogP contribution in [0.3, 0.4) is 0 Å². The van der Waals surface area contributed by atoms with Crippen LogP contribution in [0.4, 0.5) is 14.6 Å². The SMILES string of the molecule is CN1CCN(C(=O)c2cccc(-c3cnc(N)c(OCCc4c(F)ccc(F)c4Cl)n3)c2)CC1. The molecule has 0 aliphatic carbocycles. The minimum atomic E-state index is -0.703. The molecule has 4 rings (SSSR count). The monoisotopic (exact) mass is 487 g/mol. The molecule has 1 aromatic heterocycles. The maximum absolute atomic E-state index is 14.0. The van der Waals surface area contributed by atoms with Crippen molar-refractivity contribution in [2.75, 3.05) is 45.6 Å². The Hall–Kier alpha value is -3.30. The number of amides is 1. The van der Waals surface area contributed by atoms with E-state index >= 15 is 0 Å². The number of halogens is 3. The van der Waals surface area contributed by atoms with E-state index in [0.29, 0.717) is 29.9 Å². The highest BCUT2D eigenvalue weighted by Gasteiger charge is 2.21. The Kier molecular flexibility index (Phi) is 7.23. The van der Waals surface area contributed by atoms with Gasteiger partial charge >= 0.3 is 0 Å². The van der Waals surface area contributed by atoms with Gasteiger partial charge in [-0.1, -0.05) is 23.7 Å². The molecule has 2 aromatic carbocycles. The lowest BCUT2D eigenvalue weighted by Gasteiger charge is -2.32. The third-order valence-electron chi connectivity index (χ3n) is 5.69. The predicted octanol–water partition coefficient (Wildman–Crippen LogP) is 3.67. The van der Waals surface area contributed by atoms with Crippen LogP contribution in [-0.4, -0.2) is 65.5 Å². The Bertz CT molecular complexity index is 1200. The molecule has 3 aromatic rings. The summed E-state index contributed by atoms with van der Waals surface area (Å²) in [5.74, 6) is -1.25. The third-order valence-corrected chi connectivity index (χ3v) is 6.10. The number of nitrogens with zero attached hydrogens (tertiary/aromatic N) is 4. The van der Waals surface area contributed by atoms with Crippen LogP contribution in [0.15, 0.2) is 42.6 Å². The summed E-state index contributed by atoms with van der Waals surface area (Å²) in [4.78, 5) is 25.5. The first-order chi connectivity index (χ1) is 16.3. The van der Waals surface area contributed by atoms with Gasteiger partial charge in [-0.25, -0.2) is 18.7 Å². The van der Waals surface area contributed by atoms with Crippen LogP contribution in [-0.2, 0) is 6.42 Å². The second-order valence-corrected chi connectivity index (χ2v) is 8.42. The molecule has 7 nitrogen and oxygen atoms in total. The van der Waals surface area contributed by atoms with E-state index in [1.54, 1.807) is 18.2 Å². The van der Waals surface area contributed by atoms with E-state index in [1.807, 2.05) is 18.0 Å². The molecule has 1 fully saturated rings. The van der Waals surface area contributed by atoms with E-state index in [-0.39, 0.29) is 41.2 Å². The van der Waals surface area contributed by atoms with Gasteiger partial charge < -0.3 is 20.3 Å². The van der Waals surface area contributed by atoms with Crippen molar-refractivity contribution in [1.82, 2.24) is 19.8 Å². The number of rotatable bonds is 6. The number of hydrogen-bond donors (Lipinski definition) is 1. The van der Waals surface area contributed by atoms with Crippen LogP contribution in [0.25, 0.3) is 11.3 Å². The molecule has 1 amide bonds. The van der Waals surface area contributed by atoms with Crippen LogP contribution in [0.2, 0.25) is 5.02 Å². The topological polar surface area (TPSA) is 84.6 Å². The summed E-state index contributed by atoms with van der Waals surface area (Å²) < 4.78 is 33.2. The smallest absolute Gasteiger partial charge is 0.257 e. The van der Waals surface area contributed by atoms with E-state index in [2.05, 4.69) is 14.9 Å². The molecule has 0 bridgehead atoms. The van der Waals surface area contributed by atoms with Gasteiger partial charge in [0.2, 0.25) is 0 Å². The molecule has 10 heteroatoms. The molecule has 1 aliphatic rings. The Morgan fingerprint density at radius 3 is 2.65 bits per heavy atom. The molecule has 2 heterocycles. The van der Waals surface area contributed by atoms with Crippen molar-refractivity contribution < 1.29 is 18.3 Å². The van der Waals surface area contributed by atoms with Gasteiger partial charge in [0.1, 0.15) is 11.6 Å². The number of carbonyl (C=O) groups excluding carboxylic acids is 1. The number of nitrogen functional groups attached to an aromatic ring is 1. The average molecular weight is 488 g/mol. The summed E-state index contributed by atoms with van der Waals surface area (Å²) in [5.41, 5.74) is 7.60. The van der Waals surface area contributed by atoms with E-state index in [4.69, 9.17) is 22.1 Å². The van der Waals surface area contributed by atoms with Crippen molar-refractivity contribution in [3.63, 3.8) is 0 Å². The summed E-state index contributed by atoms with van der Waals surface area (Å²) >= 11 is 5.86. The van der Waals surface area contributed by atoms with Gasteiger partial charge in [0.25, 0.3) is 11.8 Å². The highest BCUT2D eigenvalue weighted by atomic mass is 35.5. The predicted molar refractivity (Wildman–Crippen MR) is 126 cm³/mol. The number of anilines is 1. The lowest BCUT2D eigenvalue weighted by molar-refractivity contribution is 0.0664. The molecule has 0 unspecified atom stereocenters. The van der Waals surface area contributed by atoms with Gasteiger partial charge in [-0.05, 0) is 31.3 Å². The number of hydrogen-bond acceptors (Lipinski definition) is 6. The van der Waals surface area contributed by atoms with Crippen molar-refractivity contribution in [3.8, 4) is 17.1 Å². The maximum atomic E-state index is 14.0. The highest BCUT2D eigenvalue weighted by molar-refractivity contribution is 6.31. The number of aromatic nitrogens is 2. The fourth-order valence-corrected chi connectivity index (χ4v) is 3.93. The number of ether oxygens (including phenoxy) is 1. The fourth-order valence-electron chi connectivity index (χ4n) is 3.68. The Morgan fingerprint density at radius 2 is 1.88 bits per heavy atom. The molecule has 0 atom stereocenters. The van der Waals surface area contributed by atoms with Crippen molar-refractivity contribution in [2.45, 2.75) is 6.42 Å². The first-order valence-electron chi connectivity index (χ1n) is 10.8. The number of carbonyl (C=O) groups is 1. The van der Waals surface area contributed by atoms with Crippen molar-refractivity contribution in [1.29, 1.82) is 0 Å². The van der Waals surface area contributed by atoms with E-state index in [9.17, 15) is 13.6 Å². The van der Waals surface area contributed by atoms with Crippen molar-refractivity contribution >= 4 is 23.3 Å². The van der Waals surface area contributed by atoms with Crippen LogP contribution < -0.4 is 10.5 Å². The minimum absolute atomic E-state index is 0.0134. The standard InChI is InChI=1S/C24H24ClF2N5O2/c1-31-8-10-32(11-9-31)24(33)16-4-2-3-15(13-16)20-14-29-22(28)23(30-20)34-12-7-17-18(26)5-6-19(27)21(17)25/h2-6,13-14H,7-12H2,1H3,(H2,28,29). The third kappa shape index (κ3) is 5.26. The molecular formula is C24H24ClF2N5O2. The second kappa shape index (κ2) is 10.3. The minimum Gasteiger partial charge on any atom is -0.475 e. The number of nitrogens with two attached hydrogens (primary N) is 1. The molecular weight excluding hydrogens is 464 g/mol. The van der Waals surface area contributed by atoms with Gasteiger partial charge in [0, 0.05) is 49.3 Å². The largest absolute Gasteiger partial charge is 0.475 e. The van der Waals surface area contributed by atoms with E-state index in [1.165, 1.54) is 6.20 Å². The number of benzene rings is 2.